The largest absolute Gasteiger partial charge is 0.353 e. The van der Waals surface area contributed by atoms with Gasteiger partial charge < -0.3 is 10.2 Å². The molecule has 0 bridgehead atoms. The zero-order valence-corrected chi connectivity index (χ0v) is 14.7. The van der Waals surface area contributed by atoms with Crippen molar-refractivity contribution in [2.45, 2.75) is 32.7 Å². The summed E-state index contributed by atoms with van der Waals surface area (Å²) in [6.45, 7) is 7.85. The number of pyridine rings is 1. The van der Waals surface area contributed by atoms with Crippen LogP contribution in [0.25, 0.3) is 0 Å². The molecule has 0 amide bonds. The van der Waals surface area contributed by atoms with E-state index >= 15 is 0 Å². The first-order chi connectivity index (χ1) is 9.08. The molecule has 1 aromatic rings. The van der Waals surface area contributed by atoms with Gasteiger partial charge in [0, 0.05) is 23.3 Å². The number of nitrogens with zero attached hydrogens (tertiary/aromatic N) is 2. The highest BCUT2D eigenvalue weighted by Crippen LogP contribution is 2.29. The summed E-state index contributed by atoms with van der Waals surface area (Å²) >= 11 is 7.10. The summed E-state index contributed by atoms with van der Waals surface area (Å²) < 4.78 is 2.07. The van der Waals surface area contributed by atoms with Gasteiger partial charge in [-0.25, -0.2) is 4.98 Å². The first kappa shape index (κ1) is 15.3. The average Bonchev–Trinajstić information content (AvgIpc) is 2.38. The zero-order chi connectivity index (χ0) is 13.8. The third-order valence-electron chi connectivity index (χ3n) is 3.60. The number of hydrogen-bond donors (Lipinski definition) is 1. The first-order valence-electron chi connectivity index (χ1n) is 6.86. The number of hydrogen-bond acceptors (Lipinski definition) is 3. The Hall–Kier alpha value is -0.130. The summed E-state index contributed by atoms with van der Waals surface area (Å²) in [5, 5.41) is 3.43. The van der Waals surface area contributed by atoms with Gasteiger partial charge in [-0.15, -0.1) is 0 Å². The molecule has 0 spiro atoms. The highest BCUT2D eigenvalue weighted by molar-refractivity contribution is 9.11. The van der Waals surface area contributed by atoms with E-state index in [1.54, 1.807) is 0 Å². The number of aromatic nitrogens is 1. The third kappa shape index (κ3) is 4.17. The minimum Gasteiger partial charge on any atom is -0.353 e. The van der Waals surface area contributed by atoms with Gasteiger partial charge in [0.1, 0.15) is 5.82 Å². The topological polar surface area (TPSA) is 28.2 Å². The minimum atomic E-state index is 0.458. The number of nitrogens with one attached hydrogen (secondary N) is 1. The van der Waals surface area contributed by atoms with E-state index in [9.17, 15) is 0 Å². The van der Waals surface area contributed by atoms with Gasteiger partial charge in [-0.2, -0.15) is 0 Å². The van der Waals surface area contributed by atoms with Crippen LogP contribution in [0.2, 0.25) is 0 Å². The molecule has 1 N–H and O–H groups in total. The molecule has 0 aromatic carbocycles. The maximum absolute atomic E-state index is 4.58. The Morgan fingerprint density at radius 2 is 2.05 bits per heavy atom. The van der Waals surface area contributed by atoms with Crippen LogP contribution in [-0.2, 0) is 0 Å². The maximum Gasteiger partial charge on any atom is 0.143 e. The maximum atomic E-state index is 4.58. The van der Waals surface area contributed by atoms with Crippen molar-refractivity contribution in [2.24, 2.45) is 5.92 Å². The van der Waals surface area contributed by atoms with Crippen LogP contribution in [0, 0.1) is 5.92 Å². The number of rotatable bonds is 4. The summed E-state index contributed by atoms with van der Waals surface area (Å²) in [6, 6.07) is 2.53. The van der Waals surface area contributed by atoms with Crippen LogP contribution in [0.4, 0.5) is 5.82 Å². The lowest BCUT2D eigenvalue weighted by Crippen LogP contribution is -2.40. The second-order valence-electron chi connectivity index (χ2n) is 5.40. The van der Waals surface area contributed by atoms with Crippen molar-refractivity contribution in [3.63, 3.8) is 0 Å². The Morgan fingerprint density at radius 1 is 1.37 bits per heavy atom. The molecule has 0 saturated carbocycles. The highest BCUT2D eigenvalue weighted by Gasteiger charge is 2.21. The Labute approximate surface area is 132 Å². The molecule has 1 aromatic heterocycles. The van der Waals surface area contributed by atoms with E-state index in [0.29, 0.717) is 6.04 Å². The van der Waals surface area contributed by atoms with Crippen molar-refractivity contribution < 1.29 is 0 Å². The van der Waals surface area contributed by atoms with E-state index in [0.717, 1.165) is 40.3 Å². The van der Waals surface area contributed by atoms with Gasteiger partial charge in [0.05, 0.1) is 4.47 Å². The van der Waals surface area contributed by atoms with Gasteiger partial charge in [0.15, 0.2) is 0 Å². The summed E-state index contributed by atoms with van der Waals surface area (Å²) in [6.07, 6.45) is 4.40. The van der Waals surface area contributed by atoms with Crippen LogP contribution in [0.15, 0.2) is 21.2 Å². The van der Waals surface area contributed by atoms with Crippen LogP contribution >= 0.6 is 31.9 Å². The lowest BCUT2D eigenvalue weighted by Gasteiger charge is -2.34. The predicted molar refractivity (Wildman–Crippen MR) is 87.7 cm³/mol. The Balaban J connectivity index is 2.14. The Bertz CT molecular complexity index is 417. The second-order valence-corrected chi connectivity index (χ2v) is 7.17. The van der Waals surface area contributed by atoms with Gasteiger partial charge in [-0.3, -0.25) is 0 Å². The SMILES string of the molecule is CC(C)N(CC1CCNCC1)c1ncc(Br)cc1Br. The summed E-state index contributed by atoms with van der Waals surface area (Å²) in [7, 11) is 0. The molecule has 2 rings (SSSR count). The molecule has 0 aliphatic carbocycles. The van der Waals surface area contributed by atoms with Gasteiger partial charge in [-0.05, 0) is 83.6 Å². The number of halogens is 2. The molecule has 2 heterocycles. The quantitative estimate of drug-likeness (QED) is 0.846. The van der Waals surface area contributed by atoms with Crippen LogP contribution in [0.1, 0.15) is 26.7 Å². The smallest absolute Gasteiger partial charge is 0.143 e. The molecule has 0 atom stereocenters. The molecular formula is C14H21Br2N3. The number of anilines is 1. The first-order valence-corrected chi connectivity index (χ1v) is 8.45. The van der Waals surface area contributed by atoms with E-state index in [4.69, 9.17) is 0 Å². The van der Waals surface area contributed by atoms with Crippen molar-refractivity contribution in [3.8, 4) is 0 Å². The summed E-state index contributed by atoms with van der Waals surface area (Å²) in [5.41, 5.74) is 0. The molecule has 19 heavy (non-hydrogen) atoms. The van der Waals surface area contributed by atoms with Crippen molar-refractivity contribution in [3.05, 3.63) is 21.2 Å². The van der Waals surface area contributed by atoms with Crippen LogP contribution in [0.5, 0.6) is 0 Å². The van der Waals surface area contributed by atoms with Gasteiger partial charge >= 0.3 is 0 Å². The van der Waals surface area contributed by atoms with Crippen LogP contribution in [-0.4, -0.2) is 30.7 Å². The normalized spacial score (nSPS) is 16.9. The van der Waals surface area contributed by atoms with E-state index in [-0.39, 0.29) is 0 Å². The molecule has 0 unspecified atom stereocenters. The summed E-state index contributed by atoms with van der Waals surface area (Å²) in [4.78, 5) is 6.99. The molecule has 1 fully saturated rings. The Kier molecular flexibility index (Phi) is 5.66. The third-order valence-corrected chi connectivity index (χ3v) is 4.61. The van der Waals surface area contributed by atoms with Gasteiger partial charge in [0.25, 0.3) is 0 Å². The fourth-order valence-electron chi connectivity index (χ4n) is 2.50. The highest BCUT2D eigenvalue weighted by atomic mass is 79.9. The molecule has 0 radical (unpaired) electrons. The van der Waals surface area contributed by atoms with Crippen molar-refractivity contribution in [1.82, 2.24) is 10.3 Å². The lowest BCUT2D eigenvalue weighted by molar-refractivity contribution is 0.367. The molecule has 1 aliphatic rings. The van der Waals surface area contributed by atoms with Crippen molar-refractivity contribution in [2.75, 3.05) is 24.5 Å². The van der Waals surface area contributed by atoms with Crippen molar-refractivity contribution in [1.29, 1.82) is 0 Å². The van der Waals surface area contributed by atoms with Gasteiger partial charge in [0.2, 0.25) is 0 Å². The molecule has 5 heteroatoms. The van der Waals surface area contributed by atoms with E-state index < -0.39 is 0 Å². The monoisotopic (exact) mass is 389 g/mol. The van der Waals surface area contributed by atoms with E-state index in [1.165, 1.54) is 12.8 Å². The minimum absolute atomic E-state index is 0.458. The Morgan fingerprint density at radius 3 is 2.63 bits per heavy atom. The average molecular weight is 391 g/mol. The fourth-order valence-corrected chi connectivity index (χ4v) is 3.72. The number of piperidine rings is 1. The zero-order valence-electron chi connectivity index (χ0n) is 11.5. The molecule has 1 aliphatic heterocycles. The van der Waals surface area contributed by atoms with E-state index in [1.807, 2.05) is 6.20 Å². The van der Waals surface area contributed by atoms with Gasteiger partial charge in [-0.1, -0.05) is 0 Å². The fraction of sp³-hybridized carbons (Fsp3) is 0.643. The molecule has 3 nitrogen and oxygen atoms in total. The van der Waals surface area contributed by atoms with Crippen LogP contribution < -0.4 is 10.2 Å². The standard InChI is InChI=1S/C14H21Br2N3/c1-10(2)19(9-11-3-5-17-6-4-11)14-13(16)7-12(15)8-18-14/h7-8,10-11,17H,3-6,9H2,1-2H3. The van der Waals surface area contributed by atoms with E-state index in [2.05, 4.69) is 67.0 Å². The predicted octanol–water partition coefficient (Wildman–Crippen LogP) is 3.82. The molecule has 106 valence electrons. The second kappa shape index (κ2) is 7.04. The molecule has 1 saturated heterocycles. The summed E-state index contributed by atoms with van der Waals surface area (Å²) in [5.74, 6) is 1.82. The lowest BCUT2D eigenvalue weighted by atomic mass is 9.97. The molecular weight excluding hydrogens is 370 g/mol. The van der Waals surface area contributed by atoms with Crippen molar-refractivity contribution >= 4 is 37.7 Å². The van der Waals surface area contributed by atoms with Crippen LogP contribution in [0.3, 0.4) is 0 Å².